The Morgan fingerprint density at radius 3 is 2.32 bits per heavy atom. The average Bonchev–Trinajstić information content (AvgIpc) is 2.41. The van der Waals surface area contributed by atoms with Gasteiger partial charge < -0.3 is 4.90 Å². The summed E-state index contributed by atoms with van der Waals surface area (Å²) in [4.78, 5) is 15.4. The topological polar surface area (TPSA) is 20.3 Å². The van der Waals surface area contributed by atoms with E-state index in [0.717, 1.165) is 9.79 Å². The lowest BCUT2D eigenvalue weighted by Gasteiger charge is -2.13. The molecule has 0 aliphatic rings. The van der Waals surface area contributed by atoms with Crippen LogP contribution in [-0.4, -0.2) is 24.9 Å². The number of hydrogen-bond donors (Lipinski definition) is 0. The van der Waals surface area contributed by atoms with Crippen molar-refractivity contribution in [3.8, 4) is 0 Å². The highest BCUT2D eigenvalue weighted by Crippen LogP contribution is 2.30. The minimum Gasteiger partial charge on any atom is -0.345 e. The summed E-state index contributed by atoms with van der Waals surface area (Å²) in [5.41, 5.74) is 0.654. The fourth-order valence-electron chi connectivity index (χ4n) is 1.60. The SMILES string of the molecule is CN(C)C(=O)c1ccccc1Sc1ccc(F)cc1. The highest BCUT2D eigenvalue weighted by Gasteiger charge is 2.13. The monoisotopic (exact) mass is 275 g/mol. The summed E-state index contributed by atoms with van der Waals surface area (Å²) in [7, 11) is 3.45. The molecule has 0 fully saturated rings. The molecule has 0 aromatic heterocycles. The van der Waals surface area contributed by atoms with Crippen molar-refractivity contribution in [2.24, 2.45) is 0 Å². The Labute approximate surface area is 116 Å². The van der Waals surface area contributed by atoms with Crippen molar-refractivity contribution in [2.45, 2.75) is 9.79 Å². The minimum absolute atomic E-state index is 0.0368. The summed E-state index contributed by atoms with van der Waals surface area (Å²) in [6.45, 7) is 0. The third kappa shape index (κ3) is 3.35. The number of carbonyl (C=O) groups is 1. The summed E-state index contributed by atoms with van der Waals surface area (Å²) in [5, 5.41) is 0. The second-order valence-corrected chi connectivity index (χ2v) is 5.37. The van der Waals surface area contributed by atoms with Crippen LogP contribution in [0.5, 0.6) is 0 Å². The smallest absolute Gasteiger partial charge is 0.254 e. The maximum absolute atomic E-state index is 12.9. The number of amides is 1. The summed E-state index contributed by atoms with van der Waals surface area (Å²) in [5.74, 6) is -0.299. The standard InChI is InChI=1S/C15H14FNOS/c1-17(2)15(18)13-5-3-4-6-14(13)19-12-9-7-11(16)8-10-12/h3-10H,1-2H3. The van der Waals surface area contributed by atoms with E-state index >= 15 is 0 Å². The fraction of sp³-hybridized carbons (Fsp3) is 0.133. The van der Waals surface area contributed by atoms with Gasteiger partial charge >= 0.3 is 0 Å². The first-order valence-corrected chi connectivity index (χ1v) is 6.63. The Morgan fingerprint density at radius 1 is 1.05 bits per heavy atom. The molecule has 2 aromatic carbocycles. The molecule has 0 aliphatic carbocycles. The minimum atomic E-state index is -0.262. The van der Waals surface area contributed by atoms with E-state index in [2.05, 4.69) is 0 Å². The van der Waals surface area contributed by atoms with E-state index in [9.17, 15) is 9.18 Å². The highest BCUT2D eigenvalue weighted by molar-refractivity contribution is 7.99. The molecular formula is C15H14FNOS. The van der Waals surface area contributed by atoms with Crippen LogP contribution in [0.15, 0.2) is 58.3 Å². The van der Waals surface area contributed by atoms with Gasteiger partial charge in [0.25, 0.3) is 5.91 Å². The highest BCUT2D eigenvalue weighted by atomic mass is 32.2. The first kappa shape index (κ1) is 13.6. The van der Waals surface area contributed by atoms with Crippen LogP contribution in [0.4, 0.5) is 4.39 Å². The molecule has 2 nitrogen and oxygen atoms in total. The Bertz CT molecular complexity index is 581. The van der Waals surface area contributed by atoms with Gasteiger partial charge in [0, 0.05) is 23.9 Å². The van der Waals surface area contributed by atoms with E-state index in [1.807, 2.05) is 18.2 Å². The normalized spacial score (nSPS) is 10.3. The molecule has 0 aliphatic heterocycles. The largest absolute Gasteiger partial charge is 0.345 e. The molecule has 0 unspecified atom stereocenters. The number of halogens is 1. The van der Waals surface area contributed by atoms with Gasteiger partial charge in [0.1, 0.15) is 5.82 Å². The van der Waals surface area contributed by atoms with E-state index in [1.54, 1.807) is 37.2 Å². The zero-order valence-corrected chi connectivity index (χ0v) is 11.6. The predicted molar refractivity (Wildman–Crippen MR) is 75.0 cm³/mol. The third-order valence-corrected chi connectivity index (χ3v) is 3.65. The van der Waals surface area contributed by atoms with Gasteiger partial charge in [0.05, 0.1) is 5.56 Å². The molecule has 0 saturated carbocycles. The van der Waals surface area contributed by atoms with Crippen molar-refractivity contribution in [1.82, 2.24) is 4.90 Å². The van der Waals surface area contributed by atoms with Gasteiger partial charge in [-0.1, -0.05) is 23.9 Å². The van der Waals surface area contributed by atoms with Crippen LogP contribution >= 0.6 is 11.8 Å². The third-order valence-electron chi connectivity index (χ3n) is 2.57. The number of carbonyl (C=O) groups excluding carboxylic acids is 1. The predicted octanol–water partition coefficient (Wildman–Crippen LogP) is 3.68. The molecule has 0 atom stereocenters. The maximum atomic E-state index is 12.9. The van der Waals surface area contributed by atoms with Crippen molar-refractivity contribution in [1.29, 1.82) is 0 Å². The van der Waals surface area contributed by atoms with Gasteiger partial charge in [-0.15, -0.1) is 0 Å². The number of rotatable bonds is 3. The molecule has 0 bridgehead atoms. The molecule has 19 heavy (non-hydrogen) atoms. The first-order chi connectivity index (χ1) is 9.08. The summed E-state index contributed by atoms with van der Waals surface area (Å²) < 4.78 is 12.9. The van der Waals surface area contributed by atoms with Crippen LogP contribution in [0, 0.1) is 5.82 Å². The second kappa shape index (κ2) is 5.89. The zero-order valence-electron chi connectivity index (χ0n) is 10.8. The maximum Gasteiger partial charge on any atom is 0.254 e. The molecular weight excluding hydrogens is 261 g/mol. The van der Waals surface area contributed by atoms with Gasteiger partial charge in [-0.05, 0) is 36.4 Å². The average molecular weight is 275 g/mol. The van der Waals surface area contributed by atoms with E-state index in [-0.39, 0.29) is 11.7 Å². The summed E-state index contributed by atoms with van der Waals surface area (Å²) >= 11 is 1.45. The number of benzene rings is 2. The van der Waals surface area contributed by atoms with Crippen molar-refractivity contribution in [2.75, 3.05) is 14.1 Å². The van der Waals surface area contributed by atoms with Crippen LogP contribution in [-0.2, 0) is 0 Å². The Morgan fingerprint density at radius 2 is 1.68 bits per heavy atom. The van der Waals surface area contributed by atoms with E-state index < -0.39 is 0 Å². The van der Waals surface area contributed by atoms with Crippen molar-refractivity contribution < 1.29 is 9.18 Å². The second-order valence-electron chi connectivity index (χ2n) is 4.25. The van der Waals surface area contributed by atoms with E-state index in [4.69, 9.17) is 0 Å². The molecule has 2 aromatic rings. The van der Waals surface area contributed by atoms with Gasteiger partial charge in [-0.25, -0.2) is 4.39 Å². The van der Waals surface area contributed by atoms with Crippen molar-refractivity contribution in [3.05, 3.63) is 59.9 Å². The Hall–Kier alpha value is -1.81. The molecule has 0 spiro atoms. The van der Waals surface area contributed by atoms with Crippen molar-refractivity contribution >= 4 is 17.7 Å². The lowest BCUT2D eigenvalue weighted by molar-refractivity contribution is 0.0824. The molecule has 0 heterocycles. The summed E-state index contributed by atoms with van der Waals surface area (Å²) in [6, 6.07) is 13.7. The van der Waals surface area contributed by atoms with Crippen LogP contribution in [0.3, 0.4) is 0 Å². The number of hydrogen-bond acceptors (Lipinski definition) is 2. The quantitative estimate of drug-likeness (QED) is 0.851. The van der Waals surface area contributed by atoms with Crippen molar-refractivity contribution in [3.63, 3.8) is 0 Å². The van der Waals surface area contributed by atoms with E-state index in [0.29, 0.717) is 5.56 Å². The van der Waals surface area contributed by atoms with Crippen LogP contribution in [0.25, 0.3) is 0 Å². The molecule has 98 valence electrons. The van der Waals surface area contributed by atoms with Crippen LogP contribution in [0.1, 0.15) is 10.4 Å². The molecule has 0 saturated heterocycles. The number of nitrogens with zero attached hydrogens (tertiary/aromatic N) is 1. The molecule has 0 radical (unpaired) electrons. The Balaban J connectivity index is 2.30. The fourth-order valence-corrected chi connectivity index (χ4v) is 2.54. The van der Waals surface area contributed by atoms with E-state index in [1.165, 1.54) is 23.9 Å². The summed E-state index contributed by atoms with van der Waals surface area (Å²) in [6.07, 6.45) is 0. The van der Waals surface area contributed by atoms with Gasteiger partial charge in [-0.2, -0.15) is 0 Å². The first-order valence-electron chi connectivity index (χ1n) is 5.82. The van der Waals surface area contributed by atoms with Gasteiger partial charge in [0.15, 0.2) is 0 Å². The van der Waals surface area contributed by atoms with Gasteiger partial charge in [0.2, 0.25) is 0 Å². The molecule has 0 N–H and O–H groups in total. The lowest BCUT2D eigenvalue weighted by atomic mass is 10.2. The van der Waals surface area contributed by atoms with Crippen LogP contribution < -0.4 is 0 Å². The van der Waals surface area contributed by atoms with Crippen LogP contribution in [0.2, 0.25) is 0 Å². The molecule has 1 amide bonds. The lowest BCUT2D eigenvalue weighted by Crippen LogP contribution is -2.22. The molecule has 4 heteroatoms. The van der Waals surface area contributed by atoms with Gasteiger partial charge in [-0.3, -0.25) is 4.79 Å². The molecule has 2 rings (SSSR count). The zero-order chi connectivity index (χ0) is 13.8. The Kier molecular flexibility index (Phi) is 4.22.